The molecule has 0 aliphatic carbocycles. The SMILES string of the molecule is CS(=O)(=O)CC(Oc1ccc(OC(F)(F)F)cc1)[C@H]1CCNC1. The second kappa shape index (κ2) is 6.96. The van der Waals surface area contributed by atoms with Crippen LogP contribution in [-0.4, -0.2) is 46.0 Å². The van der Waals surface area contributed by atoms with Gasteiger partial charge < -0.3 is 14.8 Å². The Labute approximate surface area is 132 Å². The van der Waals surface area contributed by atoms with Gasteiger partial charge in [-0.3, -0.25) is 0 Å². The smallest absolute Gasteiger partial charge is 0.489 e. The molecule has 1 N–H and O–H groups in total. The van der Waals surface area contributed by atoms with Crippen LogP contribution in [-0.2, 0) is 9.84 Å². The van der Waals surface area contributed by atoms with Crippen LogP contribution < -0.4 is 14.8 Å². The zero-order valence-corrected chi connectivity index (χ0v) is 13.3. The van der Waals surface area contributed by atoms with Gasteiger partial charge in [-0.25, -0.2) is 8.42 Å². The lowest BCUT2D eigenvalue weighted by Gasteiger charge is -2.23. The lowest BCUT2D eigenvalue weighted by Crippen LogP contribution is -2.35. The number of hydrogen-bond acceptors (Lipinski definition) is 5. The van der Waals surface area contributed by atoms with Crippen LogP contribution >= 0.6 is 0 Å². The Bertz CT molecular complexity index is 610. The zero-order chi connectivity index (χ0) is 17.1. The van der Waals surface area contributed by atoms with Gasteiger partial charge in [0.2, 0.25) is 0 Å². The fourth-order valence-corrected chi connectivity index (χ4v) is 3.39. The van der Waals surface area contributed by atoms with Gasteiger partial charge in [0.05, 0.1) is 5.75 Å². The lowest BCUT2D eigenvalue weighted by atomic mass is 10.0. The highest BCUT2D eigenvalue weighted by atomic mass is 32.2. The topological polar surface area (TPSA) is 64.6 Å². The van der Waals surface area contributed by atoms with E-state index in [1.165, 1.54) is 12.1 Å². The van der Waals surface area contributed by atoms with Crippen LogP contribution in [0.3, 0.4) is 0 Å². The summed E-state index contributed by atoms with van der Waals surface area (Å²) in [6.07, 6.45) is -3.38. The maximum absolute atomic E-state index is 12.1. The Morgan fingerprint density at radius 2 is 1.87 bits per heavy atom. The van der Waals surface area contributed by atoms with Crippen LogP contribution in [0.4, 0.5) is 13.2 Å². The van der Waals surface area contributed by atoms with Gasteiger partial charge in [-0.2, -0.15) is 0 Å². The van der Waals surface area contributed by atoms with Crippen LogP contribution in [0.2, 0.25) is 0 Å². The van der Waals surface area contributed by atoms with Crippen molar-refractivity contribution in [3.8, 4) is 11.5 Å². The van der Waals surface area contributed by atoms with Crippen molar-refractivity contribution in [2.75, 3.05) is 25.1 Å². The van der Waals surface area contributed by atoms with Crippen LogP contribution in [0.15, 0.2) is 24.3 Å². The number of rotatable bonds is 6. The van der Waals surface area contributed by atoms with E-state index in [0.29, 0.717) is 12.3 Å². The third-order valence-electron chi connectivity index (χ3n) is 3.44. The van der Waals surface area contributed by atoms with E-state index >= 15 is 0 Å². The second-order valence-electron chi connectivity index (χ2n) is 5.52. The van der Waals surface area contributed by atoms with Gasteiger partial charge in [0, 0.05) is 18.7 Å². The van der Waals surface area contributed by atoms with Crippen LogP contribution in [0.1, 0.15) is 6.42 Å². The van der Waals surface area contributed by atoms with Crippen molar-refractivity contribution in [3.05, 3.63) is 24.3 Å². The van der Waals surface area contributed by atoms with Crippen molar-refractivity contribution in [1.29, 1.82) is 0 Å². The van der Waals surface area contributed by atoms with Crippen LogP contribution in [0, 0.1) is 5.92 Å². The molecule has 0 aromatic heterocycles. The molecule has 1 aliphatic heterocycles. The molecule has 0 radical (unpaired) electrons. The van der Waals surface area contributed by atoms with Gasteiger partial charge in [-0.1, -0.05) is 0 Å². The highest BCUT2D eigenvalue weighted by molar-refractivity contribution is 7.90. The molecule has 1 fully saturated rings. The lowest BCUT2D eigenvalue weighted by molar-refractivity contribution is -0.274. The summed E-state index contributed by atoms with van der Waals surface area (Å²) < 4.78 is 68.9. The van der Waals surface area contributed by atoms with E-state index in [4.69, 9.17) is 4.74 Å². The first-order valence-electron chi connectivity index (χ1n) is 7.03. The number of benzene rings is 1. The van der Waals surface area contributed by atoms with Crippen molar-refractivity contribution >= 4 is 9.84 Å². The normalized spacial score (nSPS) is 20.3. The molecule has 2 rings (SSSR count). The molecule has 1 saturated heterocycles. The standard InChI is InChI=1S/C14H18F3NO4S/c1-23(19,20)9-13(10-6-7-18-8-10)21-11-2-4-12(5-3-11)22-14(15,16)17/h2-5,10,13,18H,6-9H2,1H3/t10-,13?/m0/s1. The molecular formula is C14H18F3NO4S. The van der Waals surface area contributed by atoms with Gasteiger partial charge in [-0.15, -0.1) is 13.2 Å². The molecule has 1 aromatic rings. The first-order valence-corrected chi connectivity index (χ1v) is 9.09. The van der Waals surface area contributed by atoms with Crippen LogP contribution in [0.25, 0.3) is 0 Å². The third kappa shape index (κ3) is 6.26. The monoisotopic (exact) mass is 353 g/mol. The van der Waals surface area contributed by atoms with E-state index in [0.717, 1.165) is 31.4 Å². The van der Waals surface area contributed by atoms with E-state index in [1.54, 1.807) is 0 Å². The minimum Gasteiger partial charge on any atom is -0.489 e. The second-order valence-corrected chi connectivity index (χ2v) is 7.71. The molecule has 130 valence electrons. The Morgan fingerprint density at radius 3 is 2.35 bits per heavy atom. The number of sulfone groups is 1. The summed E-state index contributed by atoms with van der Waals surface area (Å²) in [6, 6.07) is 4.93. The predicted octanol–water partition coefficient (Wildman–Crippen LogP) is 1.99. The molecule has 1 aliphatic rings. The van der Waals surface area contributed by atoms with Crippen molar-refractivity contribution in [1.82, 2.24) is 5.32 Å². The first-order chi connectivity index (χ1) is 10.6. The summed E-state index contributed by atoms with van der Waals surface area (Å²) in [4.78, 5) is 0. The molecule has 0 saturated carbocycles. The average molecular weight is 353 g/mol. The van der Waals surface area contributed by atoms with Crippen molar-refractivity contribution < 1.29 is 31.1 Å². The van der Waals surface area contributed by atoms with E-state index < -0.39 is 22.3 Å². The molecule has 1 aromatic carbocycles. The Balaban J connectivity index is 2.06. The van der Waals surface area contributed by atoms with Crippen molar-refractivity contribution in [2.45, 2.75) is 18.9 Å². The zero-order valence-electron chi connectivity index (χ0n) is 12.5. The Morgan fingerprint density at radius 1 is 1.26 bits per heavy atom. The van der Waals surface area contributed by atoms with E-state index in [-0.39, 0.29) is 17.4 Å². The van der Waals surface area contributed by atoms with Gasteiger partial charge in [0.1, 0.15) is 17.6 Å². The third-order valence-corrected chi connectivity index (χ3v) is 4.37. The Hall–Kier alpha value is -1.48. The minimum atomic E-state index is -4.75. The molecule has 2 atom stereocenters. The Kier molecular flexibility index (Phi) is 5.41. The summed E-state index contributed by atoms with van der Waals surface area (Å²) in [6.45, 7) is 1.43. The molecule has 0 bridgehead atoms. The molecule has 1 heterocycles. The molecule has 9 heteroatoms. The van der Waals surface area contributed by atoms with Gasteiger partial charge in [0.15, 0.2) is 9.84 Å². The van der Waals surface area contributed by atoms with E-state index in [9.17, 15) is 21.6 Å². The van der Waals surface area contributed by atoms with Gasteiger partial charge in [0.25, 0.3) is 0 Å². The predicted molar refractivity (Wildman–Crippen MR) is 78.2 cm³/mol. The summed E-state index contributed by atoms with van der Waals surface area (Å²) >= 11 is 0. The van der Waals surface area contributed by atoms with Crippen LogP contribution in [0.5, 0.6) is 11.5 Å². The molecule has 23 heavy (non-hydrogen) atoms. The summed E-state index contributed by atoms with van der Waals surface area (Å²) in [5.41, 5.74) is 0. The van der Waals surface area contributed by atoms with Crippen molar-refractivity contribution in [2.24, 2.45) is 5.92 Å². The minimum absolute atomic E-state index is 0.0378. The van der Waals surface area contributed by atoms with Crippen molar-refractivity contribution in [3.63, 3.8) is 0 Å². The number of hydrogen-bond donors (Lipinski definition) is 1. The number of alkyl halides is 3. The van der Waals surface area contributed by atoms with Gasteiger partial charge in [-0.05, 0) is 37.2 Å². The number of ether oxygens (including phenoxy) is 2. The van der Waals surface area contributed by atoms with E-state index in [1.807, 2.05) is 0 Å². The maximum atomic E-state index is 12.1. The highest BCUT2D eigenvalue weighted by Crippen LogP contribution is 2.26. The number of halogens is 3. The molecule has 0 spiro atoms. The van der Waals surface area contributed by atoms with Gasteiger partial charge >= 0.3 is 6.36 Å². The fraction of sp³-hybridized carbons (Fsp3) is 0.571. The molecule has 0 amide bonds. The fourth-order valence-electron chi connectivity index (χ4n) is 2.45. The maximum Gasteiger partial charge on any atom is 0.573 e. The largest absolute Gasteiger partial charge is 0.573 e. The first kappa shape index (κ1) is 17.9. The summed E-state index contributed by atoms with van der Waals surface area (Å²) in [7, 11) is -3.24. The molecule has 1 unspecified atom stereocenters. The average Bonchev–Trinajstić information content (AvgIpc) is 2.91. The van der Waals surface area contributed by atoms with E-state index in [2.05, 4.69) is 10.1 Å². The quantitative estimate of drug-likeness (QED) is 0.847. The highest BCUT2D eigenvalue weighted by Gasteiger charge is 2.31. The summed E-state index contributed by atoms with van der Waals surface area (Å²) in [5, 5.41) is 3.14. The molecular weight excluding hydrogens is 335 g/mol. The summed E-state index contributed by atoms with van der Waals surface area (Å²) in [5.74, 6) is -0.150. The number of nitrogens with one attached hydrogen (secondary N) is 1. The molecule has 5 nitrogen and oxygen atoms in total.